The van der Waals surface area contributed by atoms with Gasteiger partial charge in [0.2, 0.25) is 0 Å². The van der Waals surface area contributed by atoms with Gasteiger partial charge < -0.3 is 5.11 Å². The quantitative estimate of drug-likeness (QED) is 0.737. The smallest absolute Gasteiger partial charge is 0.303 e. The molecule has 0 aromatic carbocycles. The highest BCUT2D eigenvalue weighted by Gasteiger charge is 2.18. The van der Waals surface area contributed by atoms with E-state index in [2.05, 4.69) is 20.7 Å². The molecule has 2 N–H and O–H groups in total. The monoisotopic (exact) mass is 369 g/mol. The fourth-order valence-electron chi connectivity index (χ4n) is 1.49. The molecule has 0 spiro atoms. The zero-order valence-electron chi connectivity index (χ0n) is 10.4. The molecule has 0 aliphatic heterocycles. The van der Waals surface area contributed by atoms with E-state index in [1.54, 1.807) is 11.4 Å². The van der Waals surface area contributed by atoms with Crippen LogP contribution < -0.4 is 4.72 Å². The van der Waals surface area contributed by atoms with Gasteiger partial charge in [-0.05, 0) is 46.1 Å². The van der Waals surface area contributed by atoms with Gasteiger partial charge in [-0.25, -0.2) is 13.1 Å². The summed E-state index contributed by atoms with van der Waals surface area (Å²) in [4.78, 5) is 10.4. The van der Waals surface area contributed by atoms with Crippen LogP contribution in [0.3, 0.4) is 0 Å². The minimum atomic E-state index is -3.47. The van der Waals surface area contributed by atoms with Gasteiger partial charge in [0, 0.05) is 17.4 Å². The molecular weight excluding hydrogens is 354 g/mol. The lowest BCUT2D eigenvalue weighted by molar-refractivity contribution is -0.137. The first-order valence-corrected chi connectivity index (χ1v) is 8.93. The van der Waals surface area contributed by atoms with Gasteiger partial charge in [-0.2, -0.15) is 0 Å². The van der Waals surface area contributed by atoms with Crippen LogP contribution in [0.4, 0.5) is 0 Å². The Morgan fingerprint density at radius 3 is 2.74 bits per heavy atom. The molecule has 108 valence electrons. The molecule has 1 heterocycles. The Morgan fingerprint density at radius 2 is 2.21 bits per heavy atom. The SMILES string of the molecule is CC(CCNS(=O)(=O)c1sccc1Br)CCC(=O)O. The number of aliphatic carboxylic acids is 1. The van der Waals surface area contributed by atoms with Crippen molar-refractivity contribution >= 4 is 43.3 Å². The van der Waals surface area contributed by atoms with Crippen molar-refractivity contribution in [2.75, 3.05) is 6.54 Å². The predicted octanol–water partition coefficient (Wildman–Crippen LogP) is 2.68. The number of halogens is 1. The van der Waals surface area contributed by atoms with Crippen LogP contribution >= 0.6 is 27.3 Å². The third-order valence-electron chi connectivity index (χ3n) is 2.61. The number of sulfonamides is 1. The van der Waals surface area contributed by atoms with Crippen LogP contribution in [0.1, 0.15) is 26.2 Å². The molecule has 0 aliphatic carbocycles. The highest BCUT2D eigenvalue weighted by Crippen LogP contribution is 2.27. The van der Waals surface area contributed by atoms with Crippen molar-refractivity contribution in [3.63, 3.8) is 0 Å². The van der Waals surface area contributed by atoms with Gasteiger partial charge in [-0.15, -0.1) is 11.3 Å². The second kappa shape index (κ2) is 7.37. The first-order chi connectivity index (χ1) is 8.83. The average Bonchev–Trinajstić information content (AvgIpc) is 2.73. The van der Waals surface area contributed by atoms with E-state index >= 15 is 0 Å². The Balaban J connectivity index is 2.41. The molecule has 0 saturated carbocycles. The maximum atomic E-state index is 11.9. The summed E-state index contributed by atoms with van der Waals surface area (Å²) in [5, 5.41) is 10.3. The van der Waals surface area contributed by atoms with Gasteiger partial charge in [0.25, 0.3) is 10.0 Å². The zero-order chi connectivity index (χ0) is 14.5. The Morgan fingerprint density at radius 1 is 1.53 bits per heavy atom. The summed E-state index contributed by atoms with van der Waals surface area (Å²) in [6.45, 7) is 2.23. The standard InChI is InChI=1S/C11H16BrNO4S2/c1-8(2-3-10(14)15)4-6-13-19(16,17)11-9(12)5-7-18-11/h5,7-8,13H,2-4,6H2,1H3,(H,14,15). The zero-order valence-corrected chi connectivity index (χ0v) is 13.6. The molecule has 1 atom stereocenters. The van der Waals surface area contributed by atoms with Crippen molar-refractivity contribution in [3.8, 4) is 0 Å². The lowest BCUT2D eigenvalue weighted by atomic mass is 10.0. The molecule has 0 radical (unpaired) electrons. The maximum Gasteiger partial charge on any atom is 0.303 e. The number of carbonyl (C=O) groups is 1. The Labute approximate surface area is 125 Å². The predicted molar refractivity (Wildman–Crippen MR) is 77.9 cm³/mol. The number of thiophene rings is 1. The van der Waals surface area contributed by atoms with Gasteiger partial charge in [0.05, 0.1) is 0 Å². The van der Waals surface area contributed by atoms with Crippen LogP contribution in [-0.2, 0) is 14.8 Å². The second-order valence-corrected chi connectivity index (χ2v) is 8.01. The van der Waals surface area contributed by atoms with Crippen molar-refractivity contribution in [1.29, 1.82) is 0 Å². The number of hydrogen-bond donors (Lipinski definition) is 2. The van der Waals surface area contributed by atoms with Crippen LogP contribution in [0, 0.1) is 5.92 Å². The van der Waals surface area contributed by atoms with E-state index in [1.807, 2.05) is 6.92 Å². The summed E-state index contributed by atoms with van der Waals surface area (Å²) in [7, 11) is -3.47. The van der Waals surface area contributed by atoms with Gasteiger partial charge in [0.15, 0.2) is 0 Å². The minimum absolute atomic E-state index is 0.115. The van der Waals surface area contributed by atoms with Gasteiger partial charge in [0.1, 0.15) is 4.21 Å². The first kappa shape index (κ1) is 16.6. The van der Waals surface area contributed by atoms with Crippen LogP contribution in [0.15, 0.2) is 20.1 Å². The molecule has 19 heavy (non-hydrogen) atoms. The topological polar surface area (TPSA) is 83.5 Å². The van der Waals surface area contributed by atoms with Crippen LogP contribution in [0.2, 0.25) is 0 Å². The van der Waals surface area contributed by atoms with E-state index in [1.165, 1.54) is 0 Å². The van der Waals surface area contributed by atoms with E-state index in [9.17, 15) is 13.2 Å². The van der Waals surface area contributed by atoms with E-state index in [0.717, 1.165) is 11.3 Å². The molecule has 0 saturated heterocycles. The average molecular weight is 370 g/mol. The first-order valence-electron chi connectivity index (χ1n) is 5.77. The number of rotatable bonds is 8. The molecule has 0 fully saturated rings. The van der Waals surface area contributed by atoms with E-state index in [4.69, 9.17) is 5.11 Å². The van der Waals surface area contributed by atoms with Gasteiger partial charge >= 0.3 is 5.97 Å². The molecule has 0 amide bonds. The van der Waals surface area contributed by atoms with Crippen molar-refractivity contribution in [2.24, 2.45) is 5.92 Å². The van der Waals surface area contributed by atoms with Crippen molar-refractivity contribution in [2.45, 2.75) is 30.4 Å². The summed E-state index contributed by atoms with van der Waals surface area (Å²) in [5.74, 6) is -0.652. The van der Waals surface area contributed by atoms with E-state index < -0.39 is 16.0 Å². The third-order valence-corrected chi connectivity index (χ3v) is 6.74. The third kappa shape index (κ3) is 5.60. The highest BCUT2D eigenvalue weighted by atomic mass is 79.9. The Hall–Kier alpha value is -0.440. The summed E-state index contributed by atoms with van der Waals surface area (Å²) in [6, 6.07) is 1.69. The summed E-state index contributed by atoms with van der Waals surface area (Å²) >= 11 is 4.34. The number of carboxylic acids is 1. The highest BCUT2D eigenvalue weighted by molar-refractivity contribution is 9.10. The van der Waals surface area contributed by atoms with Gasteiger partial charge in [-0.3, -0.25) is 4.79 Å². The number of nitrogens with one attached hydrogen (secondary N) is 1. The normalized spacial score (nSPS) is 13.4. The summed E-state index contributed by atoms with van der Waals surface area (Å²) in [5.41, 5.74) is 0. The van der Waals surface area contributed by atoms with E-state index in [-0.39, 0.29) is 16.5 Å². The van der Waals surface area contributed by atoms with Crippen molar-refractivity contribution in [3.05, 3.63) is 15.9 Å². The minimum Gasteiger partial charge on any atom is -0.481 e. The molecule has 0 bridgehead atoms. The van der Waals surface area contributed by atoms with Crippen LogP contribution in [0.25, 0.3) is 0 Å². The van der Waals surface area contributed by atoms with Crippen LogP contribution in [-0.4, -0.2) is 26.0 Å². The molecular formula is C11H16BrNO4S2. The molecule has 8 heteroatoms. The summed E-state index contributed by atoms with van der Waals surface area (Å²) in [6.07, 6.45) is 1.29. The van der Waals surface area contributed by atoms with Crippen molar-refractivity contribution in [1.82, 2.24) is 4.72 Å². The molecule has 1 rings (SSSR count). The lowest BCUT2D eigenvalue weighted by Crippen LogP contribution is -2.25. The van der Waals surface area contributed by atoms with Crippen molar-refractivity contribution < 1.29 is 18.3 Å². The summed E-state index contributed by atoms with van der Waals surface area (Å²) < 4.78 is 27.2. The molecule has 0 aliphatic rings. The fourth-order valence-corrected chi connectivity index (χ4v) is 4.92. The fraction of sp³-hybridized carbons (Fsp3) is 0.545. The number of hydrogen-bond acceptors (Lipinski definition) is 4. The Bertz CT molecular complexity index is 527. The largest absolute Gasteiger partial charge is 0.481 e. The second-order valence-electron chi connectivity index (χ2n) is 4.28. The number of carboxylic acid groups (broad SMARTS) is 1. The molecule has 1 aromatic heterocycles. The maximum absolute atomic E-state index is 11.9. The molecule has 5 nitrogen and oxygen atoms in total. The molecule has 1 aromatic rings. The van der Waals surface area contributed by atoms with E-state index in [0.29, 0.717) is 23.9 Å². The lowest BCUT2D eigenvalue weighted by Gasteiger charge is -2.10. The van der Waals surface area contributed by atoms with Crippen LogP contribution in [0.5, 0.6) is 0 Å². The Kier molecular flexibility index (Phi) is 6.45. The molecule has 1 unspecified atom stereocenters. The van der Waals surface area contributed by atoms with Gasteiger partial charge in [-0.1, -0.05) is 6.92 Å².